The molecule has 3 aromatic carbocycles. The topological polar surface area (TPSA) is 20.3 Å². The van der Waals surface area contributed by atoms with E-state index in [0.29, 0.717) is 10.5 Å². The van der Waals surface area contributed by atoms with Crippen LogP contribution in [0.4, 0.5) is 23.2 Å². The van der Waals surface area contributed by atoms with Gasteiger partial charge in [-0.05, 0) is 40.6 Å². The third-order valence-corrected chi connectivity index (χ3v) is 3.96. The highest BCUT2D eigenvalue weighted by Crippen LogP contribution is 2.25. The third-order valence-electron chi connectivity index (χ3n) is 3.96. The lowest BCUT2D eigenvalue weighted by Gasteiger charge is -2.23. The van der Waals surface area contributed by atoms with E-state index in [1.807, 2.05) is 24.3 Å². The molecule has 138 valence electrons. The molecule has 3 aromatic rings. The molecule has 0 saturated carbocycles. The van der Waals surface area contributed by atoms with E-state index in [0.717, 1.165) is 16.8 Å². The second-order valence-corrected chi connectivity index (χ2v) is 5.92. The van der Waals surface area contributed by atoms with Gasteiger partial charge in [0.2, 0.25) is 0 Å². The number of benzene rings is 3. The molecule has 0 atom stereocenters. The molecule has 0 aliphatic heterocycles. The molecule has 0 heterocycles. The lowest BCUT2D eigenvalue weighted by atomic mass is 10.1. The van der Waals surface area contributed by atoms with Gasteiger partial charge >= 0.3 is 12.1 Å². The lowest BCUT2D eigenvalue weighted by molar-refractivity contribution is -0.170. The summed E-state index contributed by atoms with van der Waals surface area (Å²) in [6.45, 7) is -0.810. The van der Waals surface area contributed by atoms with Crippen LogP contribution in [0.3, 0.4) is 0 Å². The zero-order chi connectivity index (χ0) is 19.4. The van der Waals surface area contributed by atoms with Crippen molar-refractivity contribution in [3.63, 3.8) is 0 Å². The maximum Gasteiger partial charge on any atom is 0.471 e. The molecule has 27 heavy (non-hydrogen) atoms. The molecule has 6 heteroatoms. The SMILES string of the molecule is O=C(N(C/C(F)=C/c1ccc2ccccc2c1)c1ccccc1)C(F)(F)F. The molecule has 0 N–H and O–H groups in total. The largest absolute Gasteiger partial charge is 0.471 e. The van der Waals surface area contributed by atoms with Gasteiger partial charge in [0.1, 0.15) is 5.83 Å². The van der Waals surface area contributed by atoms with E-state index in [2.05, 4.69) is 0 Å². The van der Waals surface area contributed by atoms with E-state index in [1.54, 1.807) is 24.3 Å². The molecule has 0 aromatic heterocycles. The number of hydrogen-bond donors (Lipinski definition) is 0. The average molecular weight is 373 g/mol. The fourth-order valence-electron chi connectivity index (χ4n) is 2.72. The molecule has 0 unspecified atom stereocenters. The first-order valence-corrected chi connectivity index (χ1v) is 8.13. The van der Waals surface area contributed by atoms with E-state index >= 15 is 0 Å². The van der Waals surface area contributed by atoms with Crippen LogP contribution < -0.4 is 4.90 Å². The number of anilines is 1. The molecule has 0 bridgehead atoms. The summed E-state index contributed by atoms with van der Waals surface area (Å²) < 4.78 is 53.2. The van der Waals surface area contributed by atoms with Gasteiger partial charge in [-0.2, -0.15) is 13.2 Å². The molecular formula is C21H15F4NO. The molecule has 0 saturated heterocycles. The minimum Gasteiger partial charge on any atom is -0.298 e. The van der Waals surface area contributed by atoms with Crippen molar-refractivity contribution in [3.8, 4) is 0 Å². The van der Waals surface area contributed by atoms with Crippen LogP contribution in [0.5, 0.6) is 0 Å². The number of para-hydroxylation sites is 1. The van der Waals surface area contributed by atoms with Crippen LogP contribution in [0.2, 0.25) is 0 Å². The molecule has 2 nitrogen and oxygen atoms in total. The van der Waals surface area contributed by atoms with Gasteiger partial charge in [-0.1, -0.05) is 54.6 Å². The molecule has 0 spiro atoms. The molecule has 3 rings (SSSR count). The minimum absolute atomic E-state index is 0.0260. The Morgan fingerprint density at radius 3 is 2.19 bits per heavy atom. The van der Waals surface area contributed by atoms with Crippen LogP contribution in [-0.2, 0) is 4.79 Å². The van der Waals surface area contributed by atoms with E-state index in [4.69, 9.17) is 0 Å². The van der Waals surface area contributed by atoms with Crippen LogP contribution in [0, 0.1) is 0 Å². The van der Waals surface area contributed by atoms with Crippen LogP contribution >= 0.6 is 0 Å². The maximum atomic E-state index is 14.5. The second-order valence-electron chi connectivity index (χ2n) is 5.92. The molecule has 1 amide bonds. The number of amides is 1. The summed E-state index contributed by atoms with van der Waals surface area (Å²) in [4.78, 5) is 12.1. The number of alkyl halides is 3. The first-order valence-electron chi connectivity index (χ1n) is 8.13. The Morgan fingerprint density at radius 1 is 0.889 bits per heavy atom. The van der Waals surface area contributed by atoms with Gasteiger partial charge in [-0.15, -0.1) is 0 Å². The fraction of sp³-hybridized carbons (Fsp3) is 0.0952. The smallest absolute Gasteiger partial charge is 0.298 e. The van der Waals surface area contributed by atoms with Crippen molar-refractivity contribution in [2.24, 2.45) is 0 Å². The zero-order valence-corrected chi connectivity index (χ0v) is 14.1. The summed E-state index contributed by atoms with van der Waals surface area (Å²) in [7, 11) is 0. The second kappa shape index (κ2) is 7.61. The number of carbonyl (C=O) groups is 1. The number of fused-ring (bicyclic) bond motifs is 1. The van der Waals surface area contributed by atoms with Gasteiger partial charge in [-0.3, -0.25) is 9.69 Å². The molecule has 0 aliphatic carbocycles. The van der Waals surface area contributed by atoms with Gasteiger partial charge in [0, 0.05) is 5.69 Å². The lowest BCUT2D eigenvalue weighted by Crippen LogP contribution is -2.42. The van der Waals surface area contributed by atoms with Crippen molar-refractivity contribution in [3.05, 3.63) is 84.2 Å². The van der Waals surface area contributed by atoms with Crippen molar-refractivity contribution in [1.82, 2.24) is 0 Å². The highest BCUT2D eigenvalue weighted by Gasteiger charge is 2.43. The van der Waals surface area contributed by atoms with Gasteiger partial charge < -0.3 is 0 Å². The Hall–Kier alpha value is -3.15. The predicted octanol–water partition coefficient (Wildman–Crippen LogP) is 5.75. The Balaban J connectivity index is 1.89. The summed E-state index contributed by atoms with van der Waals surface area (Å²) >= 11 is 0. The van der Waals surface area contributed by atoms with Gasteiger partial charge in [0.15, 0.2) is 0 Å². The van der Waals surface area contributed by atoms with Crippen molar-refractivity contribution in [2.75, 3.05) is 11.4 Å². The Labute approximate surface area is 153 Å². The highest BCUT2D eigenvalue weighted by atomic mass is 19.4. The molecule has 0 aliphatic rings. The monoisotopic (exact) mass is 373 g/mol. The third kappa shape index (κ3) is 4.53. The highest BCUT2D eigenvalue weighted by molar-refractivity contribution is 5.97. The van der Waals surface area contributed by atoms with Crippen molar-refractivity contribution in [2.45, 2.75) is 6.18 Å². The van der Waals surface area contributed by atoms with Crippen LogP contribution in [0.1, 0.15) is 5.56 Å². The van der Waals surface area contributed by atoms with Crippen LogP contribution in [-0.4, -0.2) is 18.6 Å². The van der Waals surface area contributed by atoms with Crippen LogP contribution in [0.15, 0.2) is 78.6 Å². The number of carbonyl (C=O) groups excluding carboxylic acids is 1. The molecule has 0 radical (unpaired) electrons. The number of rotatable bonds is 4. The van der Waals surface area contributed by atoms with Crippen molar-refractivity contribution >= 4 is 28.4 Å². The summed E-state index contributed by atoms with van der Waals surface area (Å²) in [6, 6.07) is 19.9. The number of hydrogen-bond acceptors (Lipinski definition) is 1. The predicted molar refractivity (Wildman–Crippen MR) is 97.9 cm³/mol. The molecule has 0 fully saturated rings. The Morgan fingerprint density at radius 2 is 1.52 bits per heavy atom. The van der Waals surface area contributed by atoms with E-state index in [1.165, 1.54) is 24.3 Å². The van der Waals surface area contributed by atoms with E-state index in [-0.39, 0.29) is 5.69 Å². The van der Waals surface area contributed by atoms with Crippen molar-refractivity contribution in [1.29, 1.82) is 0 Å². The standard InChI is InChI=1S/C21H15F4NO/c22-18(13-15-10-11-16-6-4-5-7-17(16)12-15)14-26(20(27)21(23,24)25)19-8-2-1-3-9-19/h1-13H,14H2/b18-13-. The normalized spacial score (nSPS) is 12.2. The van der Waals surface area contributed by atoms with Crippen molar-refractivity contribution < 1.29 is 22.4 Å². The Bertz CT molecular complexity index is 980. The molecular weight excluding hydrogens is 358 g/mol. The first kappa shape index (κ1) is 18.6. The van der Waals surface area contributed by atoms with Gasteiger partial charge in [0.05, 0.1) is 6.54 Å². The minimum atomic E-state index is -5.10. The number of halogens is 4. The number of nitrogens with zero attached hydrogens (tertiary/aromatic N) is 1. The quantitative estimate of drug-likeness (QED) is 0.534. The van der Waals surface area contributed by atoms with Gasteiger partial charge in [-0.25, -0.2) is 4.39 Å². The summed E-state index contributed by atoms with van der Waals surface area (Å²) in [5.41, 5.74) is 0.473. The first-order chi connectivity index (χ1) is 12.8. The van der Waals surface area contributed by atoms with E-state index < -0.39 is 24.5 Å². The maximum absolute atomic E-state index is 14.5. The average Bonchev–Trinajstić information content (AvgIpc) is 2.65. The zero-order valence-electron chi connectivity index (χ0n) is 14.1. The Kier molecular flexibility index (Phi) is 5.26. The summed E-state index contributed by atoms with van der Waals surface area (Å²) in [5, 5.41) is 1.85. The summed E-state index contributed by atoms with van der Waals surface area (Å²) in [6.07, 6.45) is -3.97. The summed E-state index contributed by atoms with van der Waals surface area (Å²) in [5.74, 6) is -2.97. The van der Waals surface area contributed by atoms with Gasteiger partial charge in [0.25, 0.3) is 0 Å². The fourth-order valence-corrected chi connectivity index (χ4v) is 2.72. The van der Waals surface area contributed by atoms with E-state index in [9.17, 15) is 22.4 Å². The van der Waals surface area contributed by atoms with Crippen LogP contribution in [0.25, 0.3) is 16.8 Å².